The van der Waals surface area contributed by atoms with Gasteiger partial charge in [0.15, 0.2) is 10.6 Å². The lowest BCUT2D eigenvalue weighted by Crippen LogP contribution is -2.39. The van der Waals surface area contributed by atoms with Crippen LogP contribution in [0.3, 0.4) is 0 Å². The highest BCUT2D eigenvalue weighted by Gasteiger charge is 2.34. The molecule has 5 aromatic rings. The summed E-state index contributed by atoms with van der Waals surface area (Å²) in [6.45, 7) is 3.61. The molecule has 1 N–H and O–H groups in total. The normalized spacial score (nSPS) is 14.8. The van der Waals surface area contributed by atoms with Gasteiger partial charge in [-0.3, -0.25) is 24.6 Å². The number of nitro groups is 1. The molecule has 0 saturated carbocycles. The fraction of sp³-hybridized carbons (Fsp3) is 0.138. The third-order valence-electron chi connectivity index (χ3n) is 6.66. The molecule has 0 amide bonds. The number of ether oxygens (including phenoxy) is 1. The molecule has 0 unspecified atom stereocenters. The van der Waals surface area contributed by atoms with E-state index in [1.807, 2.05) is 17.5 Å². The van der Waals surface area contributed by atoms with Crippen molar-refractivity contribution in [3.8, 4) is 11.4 Å². The van der Waals surface area contributed by atoms with Crippen molar-refractivity contribution in [1.29, 1.82) is 0 Å². The molecule has 45 heavy (non-hydrogen) atoms. The van der Waals surface area contributed by atoms with Crippen molar-refractivity contribution < 1.29 is 14.5 Å². The summed E-state index contributed by atoms with van der Waals surface area (Å²) in [6, 6.07) is 12.6. The Kier molecular flexibility index (Phi) is 8.75. The fourth-order valence-corrected chi connectivity index (χ4v) is 7.87. The minimum absolute atomic E-state index is 0.179. The molecule has 0 radical (unpaired) electrons. The van der Waals surface area contributed by atoms with E-state index in [0.717, 1.165) is 28.0 Å². The van der Waals surface area contributed by atoms with E-state index in [4.69, 9.17) is 27.9 Å². The van der Waals surface area contributed by atoms with Gasteiger partial charge < -0.3 is 4.74 Å². The Balaban J connectivity index is 1.36. The van der Waals surface area contributed by atoms with Gasteiger partial charge in [-0.15, -0.1) is 16.4 Å². The molecule has 0 fully saturated rings. The number of thiophene rings is 1. The number of nitrogens with one attached hydrogen (secondary N) is 1. The quantitative estimate of drug-likeness (QED) is 0.118. The maximum absolute atomic E-state index is 13.8. The minimum Gasteiger partial charge on any atom is -0.463 e. The molecular weight excluding hydrogens is 679 g/mol. The number of rotatable bonds is 8. The average molecular weight is 700 g/mol. The van der Waals surface area contributed by atoms with Crippen LogP contribution in [0.2, 0.25) is 10.0 Å². The van der Waals surface area contributed by atoms with Gasteiger partial charge in [-0.05, 0) is 73.0 Å². The number of halogens is 2. The second-order valence-electron chi connectivity index (χ2n) is 9.49. The van der Waals surface area contributed by atoms with Crippen molar-refractivity contribution in [2.24, 2.45) is 4.99 Å². The number of allylic oxidation sites excluding steroid dienone is 1. The molecule has 228 valence electrons. The molecule has 1 aliphatic heterocycles. The Labute approximate surface area is 276 Å². The van der Waals surface area contributed by atoms with Crippen LogP contribution in [-0.2, 0) is 9.53 Å². The number of nitro benzene ring substituents is 1. The van der Waals surface area contributed by atoms with Crippen LogP contribution in [0.15, 0.2) is 85.0 Å². The average Bonchev–Trinajstić information content (AvgIpc) is 3.75. The van der Waals surface area contributed by atoms with E-state index >= 15 is 0 Å². The number of carbonyl (C=O) groups excluding carboxylic acids is 1. The van der Waals surface area contributed by atoms with Gasteiger partial charge in [0.1, 0.15) is 6.04 Å². The van der Waals surface area contributed by atoms with Crippen molar-refractivity contribution >= 4 is 75.4 Å². The van der Waals surface area contributed by atoms with Crippen molar-refractivity contribution in [2.45, 2.75) is 29.9 Å². The maximum Gasteiger partial charge on any atom is 0.338 e. The zero-order valence-corrected chi connectivity index (χ0v) is 27.3. The Morgan fingerprint density at radius 1 is 1.24 bits per heavy atom. The van der Waals surface area contributed by atoms with Crippen LogP contribution in [0.1, 0.15) is 30.3 Å². The van der Waals surface area contributed by atoms with Gasteiger partial charge >= 0.3 is 5.97 Å². The van der Waals surface area contributed by atoms with E-state index in [0.29, 0.717) is 52.5 Å². The molecule has 11 nitrogen and oxygen atoms in total. The van der Waals surface area contributed by atoms with Crippen LogP contribution in [0.5, 0.6) is 0 Å². The zero-order valence-electron chi connectivity index (χ0n) is 23.3. The maximum atomic E-state index is 13.8. The van der Waals surface area contributed by atoms with Gasteiger partial charge in [0, 0.05) is 21.5 Å². The number of benzene rings is 2. The summed E-state index contributed by atoms with van der Waals surface area (Å²) in [4.78, 5) is 48.8. The van der Waals surface area contributed by atoms with Gasteiger partial charge in [0.25, 0.3) is 11.2 Å². The number of carbonyl (C=O) groups is 1. The topological polar surface area (TPSA) is 145 Å². The lowest BCUT2D eigenvalue weighted by Gasteiger charge is -2.23. The number of thiazole rings is 1. The SMILES string of the molecule is CCOC(=O)C1=C(C)N=c2s/c(=C/c3ccc(Sc4n[nH]c(-c5ccc(Cl)cc5Cl)n4)c([N+](=O)[O-])c3)c(=O)n2[C@H]1c1cccs1. The van der Waals surface area contributed by atoms with Crippen molar-refractivity contribution in [3.05, 3.63) is 115 Å². The Morgan fingerprint density at radius 2 is 2.07 bits per heavy atom. The lowest BCUT2D eigenvalue weighted by molar-refractivity contribution is -0.387. The van der Waals surface area contributed by atoms with E-state index in [1.54, 1.807) is 50.3 Å². The third kappa shape index (κ3) is 6.11. The van der Waals surface area contributed by atoms with Crippen LogP contribution in [0.4, 0.5) is 5.69 Å². The fourth-order valence-electron chi connectivity index (χ4n) is 4.70. The first-order chi connectivity index (χ1) is 21.6. The molecule has 4 heterocycles. The summed E-state index contributed by atoms with van der Waals surface area (Å²) < 4.78 is 7.09. The van der Waals surface area contributed by atoms with Gasteiger partial charge in [-0.25, -0.2) is 14.8 Å². The van der Waals surface area contributed by atoms with Crippen LogP contribution in [0, 0.1) is 10.1 Å². The molecule has 0 spiro atoms. The largest absolute Gasteiger partial charge is 0.463 e. The van der Waals surface area contributed by atoms with E-state index in [9.17, 15) is 19.7 Å². The zero-order chi connectivity index (χ0) is 31.8. The Bertz CT molecular complexity index is 2190. The Hall–Kier alpha value is -4.08. The molecule has 0 aliphatic carbocycles. The molecule has 0 bridgehead atoms. The lowest BCUT2D eigenvalue weighted by atomic mass is 10.0. The third-order valence-corrected chi connectivity index (χ3v) is 10.0. The molecule has 1 aliphatic rings. The van der Waals surface area contributed by atoms with Crippen LogP contribution < -0.4 is 14.9 Å². The van der Waals surface area contributed by atoms with E-state index in [1.165, 1.54) is 22.0 Å². The number of hydrogen-bond acceptors (Lipinski definition) is 11. The first-order valence-corrected chi connectivity index (χ1v) is 16.5. The van der Waals surface area contributed by atoms with Crippen molar-refractivity contribution in [1.82, 2.24) is 19.7 Å². The highest BCUT2D eigenvalue weighted by Crippen LogP contribution is 2.36. The predicted octanol–water partition coefficient (Wildman–Crippen LogP) is 6.01. The van der Waals surface area contributed by atoms with Gasteiger partial charge in [-0.2, -0.15) is 0 Å². The number of hydrogen-bond donors (Lipinski definition) is 1. The first-order valence-electron chi connectivity index (χ1n) is 13.2. The van der Waals surface area contributed by atoms with Crippen LogP contribution in [0.25, 0.3) is 17.5 Å². The predicted molar refractivity (Wildman–Crippen MR) is 174 cm³/mol. The molecule has 16 heteroatoms. The second kappa shape index (κ2) is 12.7. The number of aromatic amines is 1. The van der Waals surface area contributed by atoms with Crippen molar-refractivity contribution in [3.63, 3.8) is 0 Å². The minimum atomic E-state index is -0.704. The second-order valence-corrected chi connectivity index (χ2v) is 13.3. The van der Waals surface area contributed by atoms with Gasteiger partial charge in [0.05, 0.1) is 37.3 Å². The highest BCUT2D eigenvalue weighted by molar-refractivity contribution is 7.99. The monoisotopic (exact) mass is 698 g/mol. The first kappa shape index (κ1) is 30.9. The number of esters is 1. The smallest absolute Gasteiger partial charge is 0.338 e. The Morgan fingerprint density at radius 3 is 2.78 bits per heavy atom. The number of aromatic nitrogens is 4. The standard InChI is InChI=1S/C29H20Cl2N6O5S3/c1-3-42-27(39)23-14(2)32-29-36(24(23)21-5-4-10-43-21)26(38)22(45-29)12-15-6-9-20(19(11-15)37(40)41)44-28-33-25(34-35-28)17-8-7-16(30)13-18(17)31/h4-13,24H,3H2,1-2H3,(H,33,34,35)/b22-12+/t24-/m0/s1. The summed E-state index contributed by atoms with van der Waals surface area (Å²) in [5.74, 6) is -0.152. The summed E-state index contributed by atoms with van der Waals surface area (Å²) in [6.07, 6.45) is 1.58. The molecular formula is C29H20Cl2N6O5S3. The van der Waals surface area contributed by atoms with E-state index < -0.39 is 16.9 Å². The van der Waals surface area contributed by atoms with Gasteiger partial charge in [0.2, 0.25) is 5.16 Å². The molecule has 0 saturated heterocycles. The van der Waals surface area contributed by atoms with Gasteiger partial charge in [-0.1, -0.05) is 46.7 Å². The summed E-state index contributed by atoms with van der Waals surface area (Å²) >= 11 is 15.8. The van der Waals surface area contributed by atoms with Crippen molar-refractivity contribution in [2.75, 3.05) is 6.61 Å². The van der Waals surface area contributed by atoms with E-state index in [2.05, 4.69) is 20.2 Å². The number of H-pyrrole nitrogens is 1. The van der Waals surface area contributed by atoms with Crippen LogP contribution in [-0.4, -0.2) is 37.2 Å². The number of fused-ring (bicyclic) bond motifs is 1. The highest BCUT2D eigenvalue weighted by atomic mass is 35.5. The molecule has 1 atom stereocenters. The van der Waals surface area contributed by atoms with E-state index in [-0.39, 0.29) is 23.0 Å². The van der Waals surface area contributed by atoms with Crippen LogP contribution >= 0.6 is 57.6 Å². The molecule has 3 aromatic heterocycles. The summed E-state index contributed by atoms with van der Waals surface area (Å²) in [5.41, 5.74) is 1.22. The summed E-state index contributed by atoms with van der Waals surface area (Å²) in [7, 11) is 0. The molecule has 6 rings (SSSR count). The summed E-state index contributed by atoms with van der Waals surface area (Å²) in [5, 5.41) is 22.0. The molecule has 2 aromatic carbocycles. The number of nitrogens with zero attached hydrogens (tertiary/aromatic N) is 5.